The molecular formula is C19H21N5O4S2. The van der Waals surface area contributed by atoms with Crippen molar-refractivity contribution in [3.05, 3.63) is 64.7 Å². The fourth-order valence-corrected chi connectivity index (χ4v) is 4.13. The number of ether oxygens (including phenoxy) is 1. The summed E-state index contributed by atoms with van der Waals surface area (Å²) in [5, 5.41) is 9.49. The van der Waals surface area contributed by atoms with Crippen LogP contribution in [0.4, 0.5) is 5.69 Å². The lowest BCUT2D eigenvalue weighted by Gasteiger charge is -2.10. The lowest BCUT2D eigenvalue weighted by atomic mass is 10.2. The first-order valence-corrected chi connectivity index (χ1v) is 10.9. The Bertz CT molecular complexity index is 1200. The molecule has 3 N–H and O–H groups in total. The van der Waals surface area contributed by atoms with Gasteiger partial charge < -0.3 is 14.6 Å². The van der Waals surface area contributed by atoms with Crippen LogP contribution in [0.25, 0.3) is 0 Å². The second kappa shape index (κ2) is 9.09. The van der Waals surface area contributed by atoms with Crippen LogP contribution in [-0.4, -0.2) is 36.2 Å². The van der Waals surface area contributed by atoms with E-state index in [0.29, 0.717) is 28.6 Å². The average Bonchev–Trinajstić information content (AvgIpc) is 3.11. The van der Waals surface area contributed by atoms with Crippen molar-refractivity contribution in [3.63, 3.8) is 0 Å². The van der Waals surface area contributed by atoms with E-state index in [1.807, 2.05) is 6.92 Å². The molecule has 0 aliphatic heterocycles. The molecule has 0 saturated carbocycles. The van der Waals surface area contributed by atoms with Gasteiger partial charge in [0.2, 0.25) is 0 Å². The quantitative estimate of drug-likeness (QED) is 0.457. The number of aromatic amines is 1. The number of aromatic nitrogens is 3. The summed E-state index contributed by atoms with van der Waals surface area (Å²) in [6.45, 7) is 2.69. The highest BCUT2D eigenvalue weighted by molar-refractivity contribution is 7.92. The highest BCUT2D eigenvalue weighted by atomic mass is 32.2. The van der Waals surface area contributed by atoms with Crippen LogP contribution in [0.2, 0.25) is 0 Å². The first kappa shape index (κ1) is 21.5. The van der Waals surface area contributed by atoms with Crippen LogP contribution in [0.1, 0.15) is 23.1 Å². The second-order valence-electron chi connectivity index (χ2n) is 6.23. The number of carbonyl (C=O) groups is 1. The predicted molar refractivity (Wildman–Crippen MR) is 115 cm³/mol. The fraction of sp³-hybridized carbons (Fsp3) is 0.211. The van der Waals surface area contributed by atoms with Crippen molar-refractivity contribution in [3.8, 4) is 5.75 Å². The Kier molecular flexibility index (Phi) is 6.53. The molecule has 1 heterocycles. The number of hydrogen-bond donors (Lipinski definition) is 3. The molecule has 0 atom stereocenters. The summed E-state index contributed by atoms with van der Waals surface area (Å²) in [4.78, 5) is 12.5. The van der Waals surface area contributed by atoms with Crippen LogP contribution in [-0.2, 0) is 23.1 Å². The Morgan fingerprint density at radius 1 is 1.23 bits per heavy atom. The molecule has 3 aromatic rings. The second-order valence-corrected chi connectivity index (χ2v) is 8.30. The number of methoxy groups -OCH3 is 1. The van der Waals surface area contributed by atoms with Gasteiger partial charge in [-0.3, -0.25) is 14.6 Å². The van der Waals surface area contributed by atoms with E-state index in [1.165, 1.54) is 25.3 Å². The topological polar surface area (TPSA) is 118 Å². The summed E-state index contributed by atoms with van der Waals surface area (Å²) in [7, 11) is -2.34. The summed E-state index contributed by atoms with van der Waals surface area (Å²) in [5.41, 5.74) is 0.595. The lowest BCUT2D eigenvalue weighted by Crippen LogP contribution is -2.25. The molecule has 11 heteroatoms. The number of rotatable bonds is 8. The summed E-state index contributed by atoms with van der Waals surface area (Å²) in [5.74, 6) is 0.773. The van der Waals surface area contributed by atoms with E-state index in [9.17, 15) is 13.2 Å². The Balaban J connectivity index is 1.73. The Morgan fingerprint density at radius 3 is 2.63 bits per heavy atom. The molecule has 0 saturated heterocycles. The number of amides is 1. The smallest absolute Gasteiger partial charge is 0.261 e. The number of benzene rings is 2. The standard InChI is InChI=1S/C19H21N5O4S2/c1-3-24-17(21-22-19(24)29)12-20-18(25)13-5-4-6-16(11-13)30(26,27)23-14-7-9-15(28-2)10-8-14/h4-11,23H,3,12H2,1-2H3,(H,20,25)(H,22,29). The molecule has 0 aliphatic carbocycles. The van der Waals surface area contributed by atoms with E-state index >= 15 is 0 Å². The maximum atomic E-state index is 12.7. The first-order valence-electron chi connectivity index (χ1n) is 9.03. The van der Waals surface area contributed by atoms with Crippen molar-refractivity contribution in [1.82, 2.24) is 20.1 Å². The van der Waals surface area contributed by atoms with Gasteiger partial charge in [0.15, 0.2) is 10.6 Å². The number of nitrogens with one attached hydrogen (secondary N) is 3. The zero-order valence-electron chi connectivity index (χ0n) is 16.4. The normalized spacial score (nSPS) is 11.1. The zero-order valence-corrected chi connectivity index (χ0v) is 18.0. The van der Waals surface area contributed by atoms with E-state index < -0.39 is 15.9 Å². The molecule has 0 fully saturated rings. The summed E-state index contributed by atoms with van der Waals surface area (Å²) in [6, 6.07) is 12.3. The van der Waals surface area contributed by atoms with Crippen LogP contribution < -0.4 is 14.8 Å². The van der Waals surface area contributed by atoms with Gasteiger partial charge in [0.1, 0.15) is 5.75 Å². The minimum atomic E-state index is -3.87. The molecule has 9 nitrogen and oxygen atoms in total. The number of sulfonamides is 1. The monoisotopic (exact) mass is 447 g/mol. The molecule has 30 heavy (non-hydrogen) atoms. The van der Waals surface area contributed by atoms with E-state index in [0.717, 1.165) is 0 Å². The zero-order chi connectivity index (χ0) is 21.7. The van der Waals surface area contributed by atoms with E-state index in [-0.39, 0.29) is 17.0 Å². The van der Waals surface area contributed by atoms with Crippen molar-refractivity contribution >= 4 is 33.8 Å². The van der Waals surface area contributed by atoms with Gasteiger partial charge in [-0.2, -0.15) is 5.10 Å². The summed E-state index contributed by atoms with van der Waals surface area (Å²) >= 11 is 5.12. The minimum absolute atomic E-state index is 0.0257. The highest BCUT2D eigenvalue weighted by Crippen LogP contribution is 2.20. The summed E-state index contributed by atoms with van der Waals surface area (Å²) in [6.07, 6.45) is 0. The Morgan fingerprint density at radius 2 is 1.97 bits per heavy atom. The lowest BCUT2D eigenvalue weighted by molar-refractivity contribution is 0.0949. The van der Waals surface area contributed by atoms with Crippen LogP contribution in [0.15, 0.2) is 53.4 Å². The minimum Gasteiger partial charge on any atom is -0.497 e. The molecule has 0 spiro atoms. The molecule has 2 aromatic carbocycles. The van der Waals surface area contributed by atoms with Crippen LogP contribution in [0.3, 0.4) is 0 Å². The SMILES string of the molecule is CCn1c(CNC(=O)c2cccc(S(=O)(=O)Nc3ccc(OC)cc3)c2)n[nH]c1=S. The molecule has 3 rings (SSSR count). The van der Waals surface area contributed by atoms with E-state index in [2.05, 4.69) is 20.2 Å². The maximum absolute atomic E-state index is 12.7. The number of hydrogen-bond acceptors (Lipinski definition) is 6. The van der Waals surface area contributed by atoms with Gasteiger partial charge in [-0.15, -0.1) is 0 Å². The van der Waals surface area contributed by atoms with Crippen molar-refractivity contribution in [2.75, 3.05) is 11.8 Å². The number of anilines is 1. The van der Waals surface area contributed by atoms with Gasteiger partial charge in [0, 0.05) is 17.8 Å². The van der Waals surface area contributed by atoms with Gasteiger partial charge in [0.05, 0.1) is 18.6 Å². The van der Waals surface area contributed by atoms with Crippen LogP contribution in [0, 0.1) is 4.77 Å². The van der Waals surface area contributed by atoms with E-state index in [1.54, 1.807) is 34.9 Å². The van der Waals surface area contributed by atoms with Gasteiger partial charge in [-0.25, -0.2) is 8.42 Å². The Labute approximate surface area is 179 Å². The van der Waals surface area contributed by atoms with Gasteiger partial charge in [-0.1, -0.05) is 6.07 Å². The largest absolute Gasteiger partial charge is 0.497 e. The van der Waals surface area contributed by atoms with Gasteiger partial charge in [0.25, 0.3) is 15.9 Å². The predicted octanol–water partition coefficient (Wildman–Crippen LogP) is 2.70. The molecule has 1 amide bonds. The summed E-state index contributed by atoms with van der Waals surface area (Å²) < 4.78 is 35.2. The third-order valence-corrected chi connectivity index (χ3v) is 6.00. The number of nitrogens with zero attached hydrogens (tertiary/aromatic N) is 2. The van der Waals surface area contributed by atoms with Crippen LogP contribution in [0.5, 0.6) is 5.75 Å². The molecule has 0 unspecified atom stereocenters. The van der Waals surface area contributed by atoms with Gasteiger partial charge >= 0.3 is 0 Å². The van der Waals surface area contributed by atoms with E-state index in [4.69, 9.17) is 17.0 Å². The third kappa shape index (κ3) is 4.86. The third-order valence-electron chi connectivity index (χ3n) is 4.31. The van der Waals surface area contributed by atoms with Crippen molar-refractivity contribution in [2.24, 2.45) is 0 Å². The van der Waals surface area contributed by atoms with Crippen molar-refractivity contribution in [1.29, 1.82) is 0 Å². The maximum Gasteiger partial charge on any atom is 0.261 e. The van der Waals surface area contributed by atoms with Crippen molar-refractivity contribution in [2.45, 2.75) is 24.9 Å². The molecule has 158 valence electrons. The van der Waals surface area contributed by atoms with Gasteiger partial charge in [-0.05, 0) is 61.6 Å². The molecule has 0 aliphatic rings. The number of carbonyl (C=O) groups excluding carboxylic acids is 1. The van der Waals surface area contributed by atoms with Crippen LogP contribution >= 0.6 is 12.2 Å². The molecular weight excluding hydrogens is 426 g/mol. The number of H-pyrrole nitrogens is 1. The molecule has 0 bridgehead atoms. The first-order chi connectivity index (χ1) is 14.3. The Hall–Kier alpha value is -3.18. The fourth-order valence-electron chi connectivity index (χ4n) is 2.75. The molecule has 1 aromatic heterocycles. The highest BCUT2D eigenvalue weighted by Gasteiger charge is 2.17. The van der Waals surface area contributed by atoms with Crippen molar-refractivity contribution < 1.29 is 17.9 Å². The molecule has 0 radical (unpaired) electrons. The average molecular weight is 448 g/mol.